The number of carbonyl (C=O) groups is 1. The molecule has 0 aromatic heterocycles. The number of anilines is 1. The van der Waals surface area contributed by atoms with Crippen molar-refractivity contribution in [2.75, 3.05) is 26.0 Å². The molecule has 4 fully saturated rings. The number of amides is 1. The van der Waals surface area contributed by atoms with Crippen molar-refractivity contribution in [1.29, 1.82) is 0 Å². The van der Waals surface area contributed by atoms with Crippen LogP contribution in [0.4, 0.5) is 5.69 Å². The summed E-state index contributed by atoms with van der Waals surface area (Å²) >= 11 is 0. The van der Waals surface area contributed by atoms with E-state index in [1.54, 1.807) is 6.08 Å². The summed E-state index contributed by atoms with van der Waals surface area (Å²) in [6, 6.07) is 8.79. The van der Waals surface area contributed by atoms with Gasteiger partial charge < -0.3 is 9.80 Å². The Kier molecular flexibility index (Phi) is 4.35. The average Bonchev–Trinajstić information content (AvgIpc) is 2.59. The van der Waals surface area contributed by atoms with Gasteiger partial charge in [0.25, 0.3) is 0 Å². The number of hydrogen-bond donors (Lipinski definition) is 0. The molecule has 0 unspecified atom stereocenters. The topological polar surface area (TPSA) is 23.6 Å². The Morgan fingerprint density at radius 3 is 2.00 bits per heavy atom. The molecule has 4 saturated carbocycles. The lowest BCUT2D eigenvalue weighted by atomic mass is 9.54. The van der Waals surface area contributed by atoms with E-state index in [0.29, 0.717) is 6.04 Å². The van der Waals surface area contributed by atoms with Crippen LogP contribution >= 0.6 is 0 Å². The van der Waals surface area contributed by atoms with Crippen molar-refractivity contribution in [2.45, 2.75) is 38.1 Å². The number of likely N-dealkylation sites (N-methyl/N-ethyl adjacent to an activating group) is 1. The second-order valence-corrected chi connectivity index (χ2v) is 8.69. The molecule has 0 radical (unpaired) electrons. The molecular weight excluding hydrogens is 308 g/mol. The van der Waals surface area contributed by atoms with Gasteiger partial charge in [0.15, 0.2) is 0 Å². The van der Waals surface area contributed by atoms with Crippen LogP contribution in [0.25, 0.3) is 6.08 Å². The van der Waals surface area contributed by atoms with Gasteiger partial charge in [-0.3, -0.25) is 4.79 Å². The predicted molar refractivity (Wildman–Crippen MR) is 103 cm³/mol. The van der Waals surface area contributed by atoms with Gasteiger partial charge in [0.1, 0.15) is 0 Å². The lowest BCUT2D eigenvalue weighted by molar-refractivity contribution is -0.135. The molecule has 0 heterocycles. The van der Waals surface area contributed by atoms with Crippen LogP contribution in [0, 0.1) is 23.7 Å². The SMILES string of the molecule is CN(C)c1ccc(C=CC(=O)N(C)C2C3CC4CC(C3)CC2C4)cc1. The van der Waals surface area contributed by atoms with Crippen molar-refractivity contribution in [3.63, 3.8) is 0 Å². The van der Waals surface area contributed by atoms with E-state index in [1.807, 2.05) is 27.2 Å². The molecule has 4 aliphatic carbocycles. The van der Waals surface area contributed by atoms with Crippen molar-refractivity contribution in [2.24, 2.45) is 23.7 Å². The zero-order chi connectivity index (χ0) is 17.6. The smallest absolute Gasteiger partial charge is 0.246 e. The van der Waals surface area contributed by atoms with E-state index < -0.39 is 0 Å². The van der Waals surface area contributed by atoms with E-state index in [-0.39, 0.29) is 5.91 Å². The zero-order valence-corrected chi connectivity index (χ0v) is 15.7. The number of nitrogens with zero attached hydrogens (tertiary/aromatic N) is 2. The largest absolute Gasteiger partial charge is 0.378 e. The minimum Gasteiger partial charge on any atom is -0.378 e. The van der Waals surface area contributed by atoms with Gasteiger partial charge in [-0.15, -0.1) is 0 Å². The van der Waals surface area contributed by atoms with Gasteiger partial charge >= 0.3 is 0 Å². The van der Waals surface area contributed by atoms with Gasteiger partial charge in [0.2, 0.25) is 5.91 Å². The normalized spacial score (nSPS) is 33.0. The van der Waals surface area contributed by atoms with E-state index in [9.17, 15) is 4.79 Å². The molecule has 3 heteroatoms. The first-order valence-electron chi connectivity index (χ1n) is 9.73. The van der Waals surface area contributed by atoms with Crippen LogP contribution in [0.15, 0.2) is 30.3 Å². The monoisotopic (exact) mass is 338 g/mol. The van der Waals surface area contributed by atoms with Crippen LogP contribution in [-0.4, -0.2) is 38.0 Å². The van der Waals surface area contributed by atoms with Crippen molar-refractivity contribution >= 4 is 17.7 Å². The number of rotatable bonds is 4. The number of benzene rings is 1. The first kappa shape index (κ1) is 16.7. The van der Waals surface area contributed by atoms with Crippen molar-refractivity contribution in [1.82, 2.24) is 4.90 Å². The minimum absolute atomic E-state index is 0.161. The molecule has 4 aliphatic rings. The Bertz CT molecular complexity index is 633. The molecule has 0 aliphatic heterocycles. The Labute approximate surface area is 151 Å². The van der Waals surface area contributed by atoms with Gasteiger partial charge in [0.05, 0.1) is 0 Å². The summed E-state index contributed by atoms with van der Waals surface area (Å²) < 4.78 is 0. The van der Waals surface area contributed by atoms with Crippen molar-refractivity contribution in [3.05, 3.63) is 35.9 Å². The summed E-state index contributed by atoms with van der Waals surface area (Å²) in [6.45, 7) is 0. The molecule has 134 valence electrons. The average molecular weight is 338 g/mol. The van der Waals surface area contributed by atoms with Crippen LogP contribution in [0.1, 0.15) is 37.7 Å². The third-order valence-corrected chi connectivity index (χ3v) is 6.80. The molecule has 0 N–H and O–H groups in total. The molecule has 4 bridgehead atoms. The minimum atomic E-state index is 0.161. The third kappa shape index (κ3) is 3.21. The Balaban J connectivity index is 1.42. The zero-order valence-electron chi connectivity index (χ0n) is 15.7. The van der Waals surface area contributed by atoms with Crippen LogP contribution in [0.2, 0.25) is 0 Å². The van der Waals surface area contributed by atoms with Gasteiger partial charge in [-0.1, -0.05) is 12.1 Å². The quantitative estimate of drug-likeness (QED) is 0.773. The fourth-order valence-electron chi connectivity index (χ4n) is 5.84. The molecule has 1 aromatic rings. The molecule has 1 amide bonds. The van der Waals surface area contributed by atoms with E-state index in [1.165, 1.54) is 37.8 Å². The van der Waals surface area contributed by atoms with Crippen LogP contribution in [-0.2, 0) is 4.79 Å². The second-order valence-electron chi connectivity index (χ2n) is 8.69. The highest BCUT2D eigenvalue weighted by atomic mass is 16.2. The van der Waals surface area contributed by atoms with Crippen LogP contribution in [0.5, 0.6) is 0 Å². The molecular formula is C22H30N2O. The highest BCUT2D eigenvalue weighted by molar-refractivity contribution is 5.92. The first-order valence-corrected chi connectivity index (χ1v) is 9.73. The predicted octanol–water partition coefficient (Wildman–Crippen LogP) is 4.05. The molecule has 25 heavy (non-hydrogen) atoms. The second kappa shape index (κ2) is 6.51. The summed E-state index contributed by atoms with van der Waals surface area (Å²) in [6.07, 6.45) is 10.6. The molecule has 0 spiro atoms. The number of hydrogen-bond acceptors (Lipinski definition) is 2. The molecule has 0 saturated heterocycles. The van der Waals surface area contributed by atoms with E-state index >= 15 is 0 Å². The standard InChI is InChI=1S/C22H30N2O/c1-23(2)20-7-4-15(5-8-20)6-9-21(25)24(3)22-18-11-16-10-17(13-18)14-19(22)12-16/h4-9,16-19,22H,10-14H2,1-3H3. The Morgan fingerprint density at radius 1 is 0.920 bits per heavy atom. The lowest BCUT2D eigenvalue weighted by Crippen LogP contribution is -2.56. The van der Waals surface area contributed by atoms with Gasteiger partial charge in [0, 0.05) is 38.9 Å². The summed E-state index contributed by atoms with van der Waals surface area (Å²) in [4.78, 5) is 16.9. The van der Waals surface area contributed by atoms with E-state index in [0.717, 1.165) is 29.2 Å². The Hall–Kier alpha value is -1.77. The fraction of sp³-hybridized carbons (Fsp3) is 0.591. The lowest BCUT2D eigenvalue weighted by Gasteiger charge is -2.56. The summed E-state index contributed by atoms with van der Waals surface area (Å²) in [7, 11) is 6.09. The van der Waals surface area contributed by atoms with Gasteiger partial charge in [-0.2, -0.15) is 0 Å². The summed E-state index contributed by atoms with van der Waals surface area (Å²) in [5, 5.41) is 0. The Morgan fingerprint density at radius 2 is 1.48 bits per heavy atom. The van der Waals surface area contributed by atoms with Gasteiger partial charge in [-0.25, -0.2) is 0 Å². The van der Waals surface area contributed by atoms with E-state index in [4.69, 9.17) is 0 Å². The highest BCUT2D eigenvalue weighted by Gasteiger charge is 2.50. The maximum atomic E-state index is 12.7. The van der Waals surface area contributed by atoms with Crippen LogP contribution in [0.3, 0.4) is 0 Å². The van der Waals surface area contributed by atoms with Crippen molar-refractivity contribution in [3.8, 4) is 0 Å². The number of carbonyl (C=O) groups excluding carboxylic acids is 1. The molecule has 3 nitrogen and oxygen atoms in total. The maximum Gasteiger partial charge on any atom is 0.246 e. The molecule has 5 rings (SSSR count). The third-order valence-electron chi connectivity index (χ3n) is 6.80. The van der Waals surface area contributed by atoms with Gasteiger partial charge in [-0.05, 0) is 79.5 Å². The first-order chi connectivity index (χ1) is 12.0. The maximum absolute atomic E-state index is 12.7. The summed E-state index contributed by atoms with van der Waals surface area (Å²) in [5.41, 5.74) is 2.26. The van der Waals surface area contributed by atoms with Crippen molar-refractivity contribution < 1.29 is 4.79 Å². The van der Waals surface area contributed by atoms with Crippen LogP contribution < -0.4 is 4.90 Å². The van der Waals surface area contributed by atoms with E-state index in [2.05, 4.69) is 34.1 Å². The molecule has 0 atom stereocenters. The fourth-order valence-corrected chi connectivity index (χ4v) is 5.84. The summed E-state index contributed by atoms with van der Waals surface area (Å²) in [5.74, 6) is 3.56. The highest BCUT2D eigenvalue weighted by Crippen LogP contribution is 2.54. The molecule has 1 aromatic carbocycles.